The first-order valence-corrected chi connectivity index (χ1v) is 12.9. The summed E-state index contributed by atoms with van der Waals surface area (Å²) in [5.41, 5.74) is 6.01. The molecule has 3 N–H and O–H groups in total. The number of nitrogens with one attached hydrogen (secondary N) is 1. The number of unbranched alkanes of at least 4 members (excludes halogenated alkanes) is 17. The Morgan fingerprint density at radius 1 is 0.750 bits per heavy atom. The second kappa shape index (κ2) is 18.6. The van der Waals surface area contributed by atoms with Crippen LogP contribution in [0.5, 0.6) is 0 Å². The molecule has 0 fully saturated rings. The van der Waals surface area contributed by atoms with E-state index in [0.29, 0.717) is 6.17 Å². The molecule has 3 nitrogen and oxygen atoms in total. The molecule has 0 aliphatic carbocycles. The van der Waals surface area contributed by atoms with Gasteiger partial charge in [-0.1, -0.05) is 116 Å². The van der Waals surface area contributed by atoms with Gasteiger partial charge >= 0.3 is 0 Å². The Morgan fingerprint density at radius 2 is 1.14 bits per heavy atom. The van der Waals surface area contributed by atoms with Crippen LogP contribution in [0.3, 0.4) is 0 Å². The maximum absolute atomic E-state index is 6.01. The molecule has 1 rings (SSSR count). The Labute approximate surface area is 176 Å². The van der Waals surface area contributed by atoms with Crippen molar-refractivity contribution in [1.82, 2.24) is 5.32 Å². The fourth-order valence-electron chi connectivity index (χ4n) is 4.47. The fraction of sp³-hybridized carbons (Fsp3) is 0.960. The number of nitrogens with zero attached hydrogens (tertiary/aromatic N) is 1. The molecule has 0 saturated heterocycles. The Kier molecular flexibility index (Phi) is 17.0. The molecule has 0 amide bonds. The van der Waals surface area contributed by atoms with E-state index in [9.17, 15) is 0 Å². The van der Waals surface area contributed by atoms with Crippen LogP contribution < -0.4 is 11.1 Å². The van der Waals surface area contributed by atoms with Gasteiger partial charge in [-0.2, -0.15) is 0 Å². The predicted octanol–water partition coefficient (Wildman–Crippen LogP) is 6.74. The first-order chi connectivity index (χ1) is 13.8. The Bertz CT molecular complexity index is 365. The summed E-state index contributed by atoms with van der Waals surface area (Å²) < 4.78 is 2.29. The summed E-state index contributed by atoms with van der Waals surface area (Å²) in [5.74, 6) is 0. The zero-order valence-corrected chi connectivity index (χ0v) is 19.4. The topological polar surface area (TPSA) is 41.1 Å². The summed E-state index contributed by atoms with van der Waals surface area (Å²) in [4.78, 5) is 0. The minimum absolute atomic E-state index is 0.135. The monoisotopic (exact) mass is 394 g/mol. The smallest absolute Gasteiger partial charge is 0.208 e. The maximum atomic E-state index is 6.01. The van der Waals surface area contributed by atoms with Gasteiger partial charge in [-0.05, 0) is 6.42 Å². The van der Waals surface area contributed by atoms with Crippen molar-refractivity contribution >= 4 is 6.21 Å². The van der Waals surface area contributed by atoms with Gasteiger partial charge in [0.15, 0.2) is 6.21 Å². The van der Waals surface area contributed by atoms with Crippen LogP contribution in [0.2, 0.25) is 0 Å². The van der Waals surface area contributed by atoms with Gasteiger partial charge in [-0.25, -0.2) is 9.89 Å². The van der Waals surface area contributed by atoms with Crippen molar-refractivity contribution < 1.29 is 4.58 Å². The third-order valence-electron chi connectivity index (χ3n) is 6.32. The van der Waals surface area contributed by atoms with E-state index in [1.165, 1.54) is 122 Å². The lowest BCUT2D eigenvalue weighted by Gasteiger charge is -2.13. The van der Waals surface area contributed by atoms with Crippen LogP contribution in [0, 0.1) is 0 Å². The molecular formula is C25H52N3+. The van der Waals surface area contributed by atoms with Gasteiger partial charge < -0.3 is 0 Å². The van der Waals surface area contributed by atoms with E-state index in [1.807, 2.05) is 0 Å². The summed E-state index contributed by atoms with van der Waals surface area (Å²) >= 11 is 0. The summed E-state index contributed by atoms with van der Waals surface area (Å²) in [5, 5.41) is 3.54. The molecule has 0 saturated carbocycles. The van der Waals surface area contributed by atoms with Crippen LogP contribution in [0.1, 0.15) is 136 Å². The molecule has 28 heavy (non-hydrogen) atoms. The van der Waals surface area contributed by atoms with Gasteiger partial charge in [0.05, 0.1) is 6.54 Å². The lowest BCUT2D eigenvalue weighted by molar-refractivity contribution is -0.591. The van der Waals surface area contributed by atoms with Crippen molar-refractivity contribution in [3.8, 4) is 0 Å². The van der Waals surface area contributed by atoms with E-state index < -0.39 is 0 Å². The van der Waals surface area contributed by atoms with Gasteiger partial charge in [-0.15, -0.1) is 0 Å². The molecule has 0 bridgehead atoms. The van der Waals surface area contributed by atoms with Gasteiger partial charge in [0.1, 0.15) is 0 Å². The van der Waals surface area contributed by atoms with Crippen LogP contribution in [0.4, 0.5) is 0 Å². The average Bonchev–Trinajstić information content (AvgIpc) is 3.16. The fourth-order valence-corrected chi connectivity index (χ4v) is 4.47. The third kappa shape index (κ3) is 13.7. The molecule has 1 aliphatic rings. The SMILES string of the molecule is CCCCCCCCCCCCCCCCCCCCC1NCC=[N+]1C(C)N. The molecule has 0 aromatic rings. The summed E-state index contributed by atoms with van der Waals surface area (Å²) in [6.45, 7) is 5.35. The van der Waals surface area contributed by atoms with Crippen LogP contribution in [-0.4, -0.2) is 29.7 Å². The number of hydrogen-bond donors (Lipinski definition) is 2. The van der Waals surface area contributed by atoms with Gasteiger partial charge in [0.25, 0.3) is 0 Å². The van der Waals surface area contributed by atoms with Gasteiger partial charge in [-0.3, -0.25) is 5.73 Å². The molecule has 2 atom stereocenters. The lowest BCUT2D eigenvalue weighted by Crippen LogP contribution is -2.41. The Hall–Kier alpha value is -0.410. The molecule has 3 heteroatoms. The van der Waals surface area contributed by atoms with Crippen molar-refractivity contribution in [2.75, 3.05) is 6.54 Å². The van der Waals surface area contributed by atoms with Gasteiger partial charge in [0, 0.05) is 13.3 Å². The zero-order chi connectivity index (χ0) is 20.3. The van der Waals surface area contributed by atoms with E-state index in [0.717, 1.165) is 6.54 Å². The number of hydrogen-bond acceptors (Lipinski definition) is 2. The molecule has 166 valence electrons. The van der Waals surface area contributed by atoms with Gasteiger partial charge in [0.2, 0.25) is 12.3 Å². The second-order valence-electron chi connectivity index (χ2n) is 9.09. The number of nitrogens with two attached hydrogens (primary N) is 1. The highest BCUT2D eigenvalue weighted by atomic mass is 15.3. The lowest BCUT2D eigenvalue weighted by atomic mass is 10.0. The molecule has 0 aromatic carbocycles. The van der Waals surface area contributed by atoms with E-state index in [-0.39, 0.29) is 6.17 Å². The molecule has 0 aromatic heterocycles. The van der Waals surface area contributed by atoms with E-state index >= 15 is 0 Å². The largest absolute Gasteiger partial charge is 0.273 e. The van der Waals surface area contributed by atoms with Crippen LogP contribution in [0.25, 0.3) is 0 Å². The second-order valence-corrected chi connectivity index (χ2v) is 9.09. The molecule has 0 spiro atoms. The maximum Gasteiger partial charge on any atom is 0.208 e. The van der Waals surface area contributed by atoms with Crippen molar-refractivity contribution in [2.24, 2.45) is 5.73 Å². The minimum Gasteiger partial charge on any atom is -0.273 e. The first kappa shape index (κ1) is 25.6. The molecule has 2 unspecified atom stereocenters. The minimum atomic E-state index is 0.135. The Morgan fingerprint density at radius 3 is 1.54 bits per heavy atom. The van der Waals surface area contributed by atoms with E-state index in [1.54, 1.807) is 0 Å². The quantitative estimate of drug-likeness (QED) is 0.177. The normalized spacial score (nSPS) is 17.8. The van der Waals surface area contributed by atoms with Crippen LogP contribution in [0.15, 0.2) is 0 Å². The van der Waals surface area contributed by atoms with E-state index in [4.69, 9.17) is 5.73 Å². The highest BCUT2D eigenvalue weighted by Crippen LogP contribution is 2.15. The van der Waals surface area contributed by atoms with Crippen molar-refractivity contribution in [1.29, 1.82) is 0 Å². The third-order valence-corrected chi connectivity index (χ3v) is 6.32. The van der Waals surface area contributed by atoms with Crippen LogP contribution >= 0.6 is 0 Å². The van der Waals surface area contributed by atoms with Crippen molar-refractivity contribution in [3.63, 3.8) is 0 Å². The molecule has 1 aliphatic heterocycles. The Balaban J connectivity index is 1.73. The molecular weight excluding hydrogens is 342 g/mol. The highest BCUT2D eigenvalue weighted by molar-refractivity contribution is 5.55. The first-order valence-electron chi connectivity index (χ1n) is 12.9. The summed E-state index contributed by atoms with van der Waals surface area (Å²) in [7, 11) is 0. The summed E-state index contributed by atoms with van der Waals surface area (Å²) in [6.07, 6.45) is 30.0. The predicted molar refractivity (Wildman–Crippen MR) is 125 cm³/mol. The van der Waals surface area contributed by atoms with Crippen molar-refractivity contribution in [3.05, 3.63) is 0 Å². The van der Waals surface area contributed by atoms with Crippen LogP contribution in [-0.2, 0) is 0 Å². The van der Waals surface area contributed by atoms with Crippen molar-refractivity contribution in [2.45, 2.75) is 148 Å². The number of rotatable bonds is 20. The average molecular weight is 395 g/mol. The van der Waals surface area contributed by atoms with E-state index in [2.05, 4.69) is 30.0 Å². The standard InChI is InChI=1S/C25H52N3/c1-3-4-5-6-7-8-9-10-11-12-13-14-15-16-17-18-19-20-21-25-27-22-23-28(25)24(2)26/h23-25,27H,3-22,26H2,1-2H3/q+1. The molecule has 1 heterocycles. The summed E-state index contributed by atoms with van der Waals surface area (Å²) in [6, 6.07) is 0. The molecule has 0 radical (unpaired) electrons. The highest BCUT2D eigenvalue weighted by Gasteiger charge is 2.26. The zero-order valence-electron chi connectivity index (χ0n) is 19.4.